The summed E-state index contributed by atoms with van der Waals surface area (Å²) in [4.78, 5) is 36.6. The van der Waals surface area contributed by atoms with Crippen molar-refractivity contribution in [1.29, 1.82) is 0 Å². The van der Waals surface area contributed by atoms with Crippen molar-refractivity contribution in [2.75, 3.05) is 19.0 Å². The summed E-state index contributed by atoms with van der Waals surface area (Å²) in [5, 5.41) is 4.23. The number of thiophene rings is 1. The molecule has 1 amide bonds. The standard InChI is InChI=1S/C22H22N2O5S/c1-14-11-17(15(2)24(14)12-16-7-5-4-6-8-16)21(26)29-13-19(25)23-18-9-10-30-20(18)22(27)28-3/h4-11H,12-13H2,1-3H3,(H,23,25). The molecule has 0 atom stereocenters. The largest absolute Gasteiger partial charge is 0.465 e. The third-order valence-corrected chi connectivity index (χ3v) is 5.52. The Morgan fingerprint density at radius 1 is 1.07 bits per heavy atom. The second kappa shape index (κ2) is 9.41. The molecule has 3 aromatic rings. The van der Waals surface area contributed by atoms with Crippen molar-refractivity contribution in [1.82, 2.24) is 4.57 Å². The first-order valence-electron chi connectivity index (χ1n) is 9.24. The fourth-order valence-electron chi connectivity index (χ4n) is 3.07. The van der Waals surface area contributed by atoms with Gasteiger partial charge in [0.15, 0.2) is 6.61 Å². The lowest BCUT2D eigenvalue weighted by atomic mass is 10.2. The normalized spacial score (nSPS) is 10.5. The van der Waals surface area contributed by atoms with Crippen LogP contribution in [-0.4, -0.2) is 36.1 Å². The van der Waals surface area contributed by atoms with E-state index in [9.17, 15) is 14.4 Å². The second-order valence-corrected chi connectivity index (χ2v) is 7.55. The Hall–Kier alpha value is -3.39. The summed E-state index contributed by atoms with van der Waals surface area (Å²) in [6.07, 6.45) is 0. The van der Waals surface area contributed by atoms with Gasteiger partial charge in [0.25, 0.3) is 5.91 Å². The molecule has 156 valence electrons. The molecule has 0 unspecified atom stereocenters. The van der Waals surface area contributed by atoms with Crippen molar-refractivity contribution in [3.8, 4) is 0 Å². The summed E-state index contributed by atoms with van der Waals surface area (Å²) in [7, 11) is 1.27. The highest BCUT2D eigenvalue weighted by Gasteiger charge is 2.20. The molecule has 0 fully saturated rings. The van der Waals surface area contributed by atoms with Crippen molar-refractivity contribution >= 4 is 34.9 Å². The van der Waals surface area contributed by atoms with Crippen LogP contribution in [0.4, 0.5) is 5.69 Å². The lowest BCUT2D eigenvalue weighted by Crippen LogP contribution is -2.22. The number of anilines is 1. The maximum Gasteiger partial charge on any atom is 0.350 e. The SMILES string of the molecule is COC(=O)c1sccc1NC(=O)COC(=O)c1cc(C)n(Cc2ccccc2)c1C. The summed E-state index contributed by atoms with van der Waals surface area (Å²) < 4.78 is 11.9. The van der Waals surface area contributed by atoms with Crippen LogP contribution in [0, 0.1) is 13.8 Å². The number of rotatable bonds is 7. The lowest BCUT2D eigenvalue weighted by Gasteiger charge is -2.10. The summed E-state index contributed by atoms with van der Waals surface area (Å²) in [5.74, 6) is -1.65. The quantitative estimate of drug-likeness (QED) is 0.581. The van der Waals surface area contributed by atoms with Crippen molar-refractivity contribution < 1.29 is 23.9 Å². The number of amides is 1. The van der Waals surface area contributed by atoms with Gasteiger partial charge in [0, 0.05) is 17.9 Å². The molecule has 0 aliphatic carbocycles. The molecule has 2 heterocycles. The van der Waals surface area contributed by atoms with Crippen LogP contribution in [0.2, 0.25) is 0 Å². The summed E-state index contributed by atoms with van der Waals surface area (Å²) in [6, 6.07) is 13.3. The molecule has 1 aromatic carbocycles. The summed E-state index contributed by atoms with van der Waals surface area (Å²) >= 11 is 1.15. The zero-order valence-electron chi connectivity index (χ0n) is 16.9. The van der Waals surface area contributed by atoms with E-state index < -0.39 is 24.5 Å². The Bertz CT molecular complexity index is 1070. The number of nitrogens with one attached hydrogen (secondary N) is 1. The molecule has 0 spiro atoms. The van der Waals surface area contributed by atoms with Crippen molar-refractivity contribution in [2.24, 2.45) is 0 Å². The minimum Gasteiger partial charge on any atom is -0.465 e. The van der Waals surface area contributed by atoms with Crippen LogP contribution in [0.3, 0.4) is 0 Å². The van der Waals surface area contributed by atoms with E-state index in [1.54, 1.807) is 17.5 Å². The number of methoxy groups -OCH3 is 1. The van der Waals surface area contributed by atoms with Crippen molar-refractivity contribution in [3.05, 3.63) is 75.2 Å². The van der Waals surface area contributed by atoms with Gasteiger partial charge in [-0.2, -0.15) is 0 Å². The van der Waals surface area contributed by atoms with Gasteiger partial charge in [0.1, 0.15) is 4.88 Å². The Balaban J connectivity index is 1.63. The Morgan fingerprint density at radius 2 is 1.80 bits per heavy atom. The topological polar surface area (TPSA) is 86.6 Å². The number of aromatic nitrogens is 1. The van der Waals surface area contributed by atoms with Crippen LogP contribution in [-0.2, 0) is 20.8 Å². The number of carbonyl (C=O) groups is 3. The summed E-state index contributed by atoms with van der Waals surface area (Å²) in [6.45, 7) is 3.95. The third-order valence-electron chi connectivity index (χ3n) is 4.62. The van der Waals surface area contributed by atoms with Gasteiger partial charge >= 0.3 is 11.9 Å². The molecule has 1 N–H and O–H groups in total. The smallest absolute Gasteiger partial charge is 0.350 e. The third kappa shape index (κ3) is 4.77. The van der Waals surface area contributed by atoms with E-state index in [4.69, 9.17) is 4.74 Å². The number of hydrogen-bond acceptors (Lipinski definition) is 6. The molecule has 0 aliphatic heterocycles. The van der Waals surface area contributed by atoms with Crippen LogP contribution in [0.15, 0.2) is 47.8 Å². The fourth-order valence-corrected chi connectivity index (χ4v) is 3.84. The average molecular weight is 426 g/mol. The molecular formula is C22H22N2O5S. The van der Waals surface area contributed by atoms with Crippen molar-refractivity contribution in [2.45, 2.75) is 20.4 Å². The average Bonchev–Trinajstić information content (AvgIpc) is 3.32. The molecule has 30 heavy (non-hydrogen) atoms. The number of aryl methyl sites for hydroxylation is 1. The second-order valence-electron chi connectivity index (χ2n) is 6.64. The van der Waals surface area contributed by atoms with Crippen LogP contribution >= 0.6 is 11.3 Å². The first-order valence-corrected chi connectivity index (χ1v) is 10.1. The molecule has 3 rings (SSSR count). The molecule has 0 bridgehead atoms. The zero-order valence-corrected chi connectivity index (χ0v) is 17.7. The highest BCUT2D eigenvalue weighted by atomic mass is 32.1. The Morgan fingerprint density at radius 3 is 2.50 bits per heavy atom. The van der Waals surface area contributed by atoms with Crippen molar-refractivity contribution in [3.63, 3.8) is 0 Å². The van der Waals surface area contributed by atoms with E-state index >= 15 is 0 Å². The molecule has 0 radical (unpaired) electrons. The van der Waals surface area contributed by atoms with E-state index in [2.05, 4.69) is 10.1 Å². The number of esters is 2. The fraction of sp³-hybridized carbons (Fsp3) is 0.227. The lowest BCUT2D eigenvalue weighted by molar-refractivity contribution is -0.119. The van der Waals surface area contributed by atoms with Crippen LogP contribution in [0.1, 0.15) is 37.0 Å². The Labute approximate surface area is 178 Å². The van der Waals surface area contributed by atoms with Crippen LogP contribution in [0.5, 0.6) is 0 Å². The van der Waals surface area contributed by atoms with E-state index in [0.717, 1.165) is 28.3 Å². The van der Waals surface area contributed by atoms with Gasteiger partial charge in [-0.1, -0.05) is 30.3 Å². The first kappa shape index (κ1) is 21.3. The van der Waals surface area contributed by atoms with Gasteiger partial charge < -0.3 is 19.4 Å². The van der Waals surface area contributed by atoms with E-state index in [1.165, 1.54) is 7.11 Å². The highest BCUT2D eigenvalue weighted by Crippen LogP contribution is 2.23. The zero-order chi connectivity index (χ0) is 21.7. The predicted molar refractivity (Wildman–Crippen MR) is 114 cm³/mol. The van der Waals surface area contributed by atoms with Gasteiger partial charge in [-0.3, -0.25) is 4.79 Å². The highest BCUT2D eigenvalue weighted by molar-refractivity contribution is 7.12. The monoisotopic (exact) mass is 426 g/mol. The number of carbonyl (C=O) groups excluding carboxylic acids is 3. The minimum atomic E-state index is -0.573. The number of hydrogen-bond donors (Lipinski definition) is 1. The molecular weight excluding hydrogens is 404 g/mol. The number of benzene rings is 1. The van der Waals surface area contributed by atoms with Gasteiger partial charge in [-0.05, 0) is 36.9 Å². The van der Waals surface area contributed by atoms with E-state index in [-0.39, 0.29) is 4.88 Å². The first-order chi connectivity index (χ1) is 14.4. The molecule has 7 nitrogen and oxygen atoms in total. The maximum absolute atomic E-state index is 12.5. The van der Waals surface area contributed by atoms with Gasteiger partial charge in [0.05, 0.1) is 18.4 Å². The summed E-state index contributed by atoms with van der Waals surface area (Å²) in [5.41, 5.74) is 3.56. The molecule has 8 heteroatoms. The van der Waals surface area contributed by atoms with E-state index in [0.29, 0.717) is 17.8 Å². The minimum absolute atomic E-state index is 0.279. The number of nitrogens with zero attached hydrogens (tertiary/aromatic N) is 1. The van der Waals surface area contributed by atoms with E-state index in [1.807, 2.05) is 48.7 Å². The number of ether oxygens (including phenoxy) is 2. The van der Waals surface area contributed by atoms with Crippen LogP contribution in [0.25, 0.3) is 0 Å². The molecule has 0 saturated heterocycles. The van der Waals surface area contributed by atoms with Gasteiger partial charge in [-0.15, -0.1) is 11.3 Å². The van der Waals surface area contributed by atoms with Crippen LogP contribution < -0.4 is 5.32 Å². The predicted octanol–water partition coefficient (Wildman–Crippen LogP) is 3.80. The molecule has 0 aliphatic rings. The Kier molecular flexibility index (Phi) is 6.68. The molecule has 2 aromatic heterocycles. The maximum atomic E-state index is 12.5. The van der Waals surface area contributed by atoms with Gasteiger partial charge in [0.2, 0.25) is 0 Å². The molecule has 0 saturated carbocycles. The van der Waals surface area contributed by atoms with Gasteiger partial charge in [-0.25, -0.2) is 9.59 Å².